The van der Waals surface area contributed by atoms with Crippen molar-refractivity contribution in [1.82, 2.24) is 30.2 Å². The summed E-state index contributed by atoms with van der Waals surface area (Å²) in [5.74, 6) is -1.01. The highest BCUT2D eigenvalue weighted by atomic mass is 32.1. The lowest BCUT2D eigenvalue weighted by atomic mass is 9.95. The van der Waals surface area contributed by atoms with Crippen LogP contribution in [0.4, 0.5) is 5.13 Å². The molecule has 3 heterocycles. The van der Waals surface area contributed by atoms with Gasteiger partial charge in [0.25, 0.3) is 5.91 Å². The average molecular weight is 406 g/mol. The molecule has 2 aromatic rings. The molecule has 0 aromatic carbocycles. The number of carbonyl (C=O) groups is 2. The SMILES string of the molecule is CN1C(=O)C(NC(=O)C(N=O)c2csc(N)n2)C1Cn1ncc(CN=CN)n1. The van der Waals surface area contributed by atoms with Crippen molar-refractivity contribution in [2.45, 2.75) is 31.2 Å². The molecule has 0 spiro atoms. The largest absolute Gasteiger partial charge is 0.390 e. The first-order chi connectivity index (χ1) is 13.4. The standard InChI is InChI=1S/C14H18N10O3S/c1-23-9(4-24-18-3-7(21-24)2-17-6-15)11(13(23)26)20-12(25)10(22-27)8-5-28-14(16)19-8/h3,5-6,9-11H,2,4H2,1H3,(H2,15,17)(H2,16,19)(H,20,25). The number of hydrogen-bond acceptors (Lipinski definition) is 10. The Bertz CT molecular complexity index is 909. The van der Waals surface area contributed by atoms with Gasteiger partial charge in [-0.3, -0.25) is 14.6 Å². The van der Waals surface area contributed by atoms with E-state index in [1.807, 2.05) is 0 Å². The molecule has 0 aliphatic carbocycles. The van der Waals surface area contributed by atoms with Crippen molar-refractivity contribution in [3.8, 4) is 0 Å². The number of likely N-dealkylation sites (N-methyl/N-ethyl adjacent to an activating group) is 1. The quantitative estimate of drug-likeness (QED) is 0.207. The van der Waals surface area contributed by atoms with Crippen LogP contribution in [0.25, 0.3) is 0 Å². The first-order valence-electron chi connectivity index (χ1n) is 8.14. The van der Waals surface area contributed by atoms with Gasteiger partial charge in [0.15, 0.2) is 5.13 Å². The molecule has 3 rings (SSSR count). The Labute approximate surface area is 162 Å². The monoisotopic (exact) mass is 406 g/mol. The van der Waals surface area contributed by atoms with Crippen LogP contribution in [0.5, 0.6) is 0 Å². The normalized spacial score (nSPS) is 20.2. The number of hydrogen-bond donors (Lipinski definition) is 3. The first-order valence-corrected chi connectivity index (χ1v) is 9.02. The van der Waals surface area contributed by atoms with Gasteiger partial charge in [0.2, 0.25) is 11.9 Å². The van der Waals surface area contributed by atoms with E-state index in [2.05, 4.69) is 30.7 Å². The number of nitrogens with two attached hydrogens (primary N) is 2. The van der Waals surface area contributed by atoms with Gasteiger partial charge >= 0.3 is 0 Å². The minimum Gasteiger partial charge on any atom is -0.390 e. The topological polar surface area (TPSA) is 187 Å². The Kier molecular flexibility index (Phi) is 5.58. The number of aliphatic imine (C=N–C) groups is 1. The van der Waals surface area contributed by atoms with E-state index in [9.17, 15) is 14.5 Å². The smallest absolute Gasteiger partial charge is 0.255 e. The van der Waals surface area contributed by atoms with Gasteiger partial charge in [0.1, 0.15) is 11.7 Å². The lowest BCUT2D eigenvalue weighted by Gasteiger charge is -2.44. The van der Waals surface area contributed by atoms with E-state index in [4.69, 9.17) is 11.5 Å². The van der Waals surface area contributed by atoms with E-state index in [0.29, 0.717) is 12.2 Å². The number of amides is 2. The third-order valence-electron chi connectivity index (χ3n) is 4.26. The molecule has 0 saturated carbocycles. The number of likely N-dealkylation sites (tertiary alicyclic amines) is 1. The summed E-state index contributed by atoms with van der Waals surface area (Å²) >= 11 is 1.09. The number of nitrogens with one attached hydrogen (secondary N) is 1. The summed E-state index contributed by atoms with van der Waals surface area (Å²) in [6.07, 6.45) is 2.72. The van der Waals surface area contributed by atoms with Crippen LogP contribution in [-0.4, -0.2) is 62.2 Å². The summed E-state index contributed by atoms with van der Waals surface area (Å²) in [5, 5.41) is 15.4. The van der Waals surface area contributed by atoms with Crippen LogP contribution in [0.15, 0.2) is 21.7 Å². The lowest BCUT2D eigenvalue weighted by molar-refractivity contribution is -0.152. The van der Waals surface area contributed by atoms with E-state index in [1.54, 1.807) is 13.2 Å². The Morgan fingerprint density at radius 1 is 1.54 bits per heavy atom. The number of thiazole rings is 1. The number of rotatable bonds is 8. The molecule has 1 aliphatic heterocycles. The minimum atomic E-state index is -1.38. The van der Waals surface area contributed by atoms with Crippen molar-refractivity contribution in [3.05, 3.63) is 27.9 Å². The molecule has 28 heavy (non-hydrogen) atoms. The summed E-state index contributed by atoms with van der Waals surface area (Å²) in [4.78, 5) is 46.4. The first kappa shape index (κ1) is 19.3. The molecule has 3 unspecified atom stereocenters. The van der Waals surface area contributed by atoms with Crippen LogP contribution in [0.2, 0.25) is 0 Å². The molecule has 0 radical (unpaired) electrons. The van der Waals surface area contributed by atoms with Gasteiger partial charge in [0.05, 0.1) is 37.4 Å². The predicted molar refractivity (Wildman–Crippen MR) is 100.0 cm³/mol. The lowest BCUT2D eigenvalue weighted by Crippen LogP contribution is -2.70. The fraction of sp³-hybridized carbons (Fsp3) is 0.429. The molecule has 3 atom stereocenters. The predicted octanol–water partition coefficient (Wildman–Crippen LogP) is -1.36. The highest BCUT2D eigenvalue weighted by molar-refractivity contribution is 7.13. The van der Waals surface area contributed by atoms with Crippen molar-refractivity contribution in [2.24, 2.45) is 15.9 Å². The Morgan fingerprint density at radius 2 is 2.32 bits per heavy atom. The van der Waals surface area contributed by atoms with Crippen LogP contribution in [0, 0.1) is 4.91 Å². The molecule has 148 valence electrons. The van der Waals surface area contributed by atoms with Crippen molar-refractivity contribution < 1.29 is 9.59 Å². The van der Waals surface area contributed by atoms with Crippen LogP contribution in [0.1, 0.15) is 17.4 Å². The van der Waals surface area contributed by atoms with Crippen molar-refractivity contribution >= 4 is 34.6 Å². The third kappa shape index (κ3) is 3.80. The second kappa shape index (κ2) is 8.08. The Morgan fingerprint density at radius 3 is 2.96 bits per heavy atom. The van der Waals surface area contributed by atoms with E-state index >= 15 is 0 Å². The average Bonchev–Trinajstić information content (AvgIpc) is 3.32. The number of nitrogen functional groups attached to an aromatic ring is 1. The zero-order valence-electron chi connectivity index (χ0n) is 14.8. The summed E-state index contributed by atoms with van der Waals surface area (Å²) in [7, 11) is 1.61. The van der Waals surface area contributed by atoms with Crippen LogP contribution in [-0.2, 0) is 22.7 Å². The van der Waals surface area contributed by atoms with E-state index in [0.717, 1.165) is 11.3 Å². The van der Waals surface area contributed by atoms with Crippen molar-refractivity contribution in [3.63, 3.8) is 0 Å². The summed E-state index contributed by atoms with van der Waals surface area (Å²) in [6, 6.07) is -2.59. The Balaban J connectivity index is 1.66. The van der Waals surface area contributed by atoms with Gasteiger partial charge in [-0.05, 0) is 5.18 Å². The molecular weight excluding hydrogens is 388 g/mol. The molecule has 0 bridgehead atoms. The maximum Gasteiger partial charge on any atom is 0.255 e. The van der Waals surface area contributed by atoms with Crippen LogP contribution >= 0.6 is 11.3 Å². The van der Waals surface area contributed by atoms with Gasteiger partial charge in [-0.15, -0.1) is 16.2 Å². The zero-order chi connectivity index (χ0) is 20.3. The van der Waals surface area contributed by atoms with Crippen molar-refractivity contribution in [1.29, 1.82) is 0 Å². The van der Waals surface area contributed by atoms with Gasteiger partial charge in [0, 0.05) is 12.4 Å². The third-order valence-corrected chi connectivity index (χ3v) is 4.95. The molecule has 2 amide bonds. The number of nitroso groups, excluding NO2 is 1. The van der Waals surface area contributed by atoms with Crippen LogP contribution in [0.3, 0.4) is 0 Å². The Hall–Kier alpha value is -3.42. The highest BCUT2D eigenvalue weighted by Crippen LogP contribution is 2.24. The highest BCUT2D eigenvalue weighted by Gasteiger charge is 2.47. The van der Waals surface area contributed by atoms with E-state index in [1.165, 1.54) is 21.4 Å². The molecule has 1 fully saturated rings. The molecule has 1 saturated heterocycles. The number of aromatic nitrogens is 4. The molecule has 1 aliphatic rings. The fourth-order valence-corrected chi connectivity index (χ4v) is 3.36. The number of nitrogens with zero attached hydrogens (tertiary/aromatic N) is 7. The van der Waals surface area contributed by atoms with E-state index in [-0.39, 0.29) is 29.3 Å². The number of carbonyl (C=O) groups excluding carboxylic acids is 2. The maximum atomic E-state index is 12.4. The molecule has 5 N–H and O–H groups in total. The van der Waals surface area contributed by atoms with Crippen LogP contribution < -0.4 is 16.8 Å². The maximum absolute atomic E-state index is 12.4. The second-order valence-corrected chi connectivity index (χ2v) is 6.89. The number of anilines is 1. The minimum absolute atomic E-state index is 0.144. The van der Waals surface area contributed by atoms with Gasteiger partial charge in [-0.25, -0.2) is 4.98 Å². The second-order valence-electron chi connectivity index (χ2n) is 6.00. The molecule has 2 aromatic heterocycles. The zero-order valence-corrected chi connectivity index (χ0v) is 15.6. The van der Waals surface area contributed by atoms with Gasteiger partial charge in [-0.1, -0.05) is 0 Å². The summed E-state index contributed by atoms with van der Waals surface area (Å²) in [5.41, 5.74) is 11.5. The molecule has 14 heteroatoms. The van der Waals surface area contributed by atoms with E-state index < -0.39 is 18.0 Å². The fourth-order valence-electron chi connectivity index (χ4n) is 2.78. The molecule has 13 nitrogen and oxygen atoms in total. The van der Waals surface area contributed by atoms with Crippen molar-refractivity contribution in [2.75, 3.05) is 12.8 Å². The number of β-lactam (4-membered cyclic amide) rings is 1. The van der Waals surface area contributed by atoms with Gasteiger partial charge in [-0.2, -0.15) is 15.0 Å². The summed E-state index contributed by atoms with van der Waals surface area (Å²) in [6.45, 7) is 0.544. The molecular formula is C14H18N10O3S. The van der Waals surface area contributed by atoms with Gasteiger partial charge < -0.3 is 21.7 Å². The summed E-state index contributed by atoms with van der Waals surface area (Å²) < 4.78 is 0.